The number of nitrogens with one attached hydrogen (secondary N) is 1. The fourth-order valence-electron chi connectivity index (χ4n) is 5.30. The summed E-state index contributed by atoms with van der Waals surface area (Å²) in [4.78, 5) is 12.3. The van der Waals surface area contributed by atoms with Crippen molar-refractivity contribution >= 4 is 5.91 Å². The van der Waals surface area contributed by atoms with E-state index in [1.54, 1.807) is 6.08 Å². The van der Waals surface area contributed by atoms with E-state index >= 15 is 0 Å². The van der Waals surface area contributed by atoms with Crippen LogP contribution < -0.4 is 5.32 Å². The van der Waals surface area contributed by atoms with Crippen molar-refractivity contribution in [3.63, 3.8) is 0 Å². The van der Waals surface area contributed by atoms with Gasteiger partial charge >= 0.3 is 0 Å². The SMILES string of the molecule is CC/C=C\C/C=C\C/C=C\C/C=C\C/C=C\CCCCCCCCCCCCCC(=O)NC(CO)C(O)/C=C/CC/C=C/CC/C=C/CC. The van der Waals surface area contributed by atoms with Gasteiger partial charge in [0.2, 0.25) is 5.91 Å². The van der Waals surface area contributed by atoms with E-state index in [1.807, 2.05) is 6.08 Å². The molecule has 1 amide bonds. The number of rotatable bonds is 34. The summed E-state index contributed by atoms with van der Waals surface area (Å²) in [5.74, 6) is -0.0899. The smallest absolute Gasteiger partial charge is 0.220 e. The molecule has 0 aromatic rings. The summed E-state index contributed by atoms with van der Waals surface area (Å²) >= 11 is 0. The monoisotopic (exact) mass is 678 g/mol. The third-order valence-electron chi connectivity index (χ3n) is 8.29. The fraction of sp³-hybridized carbons (Fsp3) is 0.622. The lowest BCUT2D eigenvalue weighted by Crippen LogP contribution is -2.45. The zero-order valence-corrected chi connectivity index (χ0v) is 31.7. The second-order valence-electron chi connectivity index (χ2n) is 12.9. The summed E-state index contributed by atoms with van der Waals surface area (Å²) in [7, 11) is 0. The number of carbonyl (C=O) groups excluding carboxylic acids is 1. The first-order valence-electron chi connectivity index (χ1n) is 20.0. The van der Waals surface area contributed by atoms with Crippen LogP contribution in [-0.4, -0.2) is 34.9 Å². The van der Waals surface area contributed by atoms with Gasteiger partial charge < -0.3 is 15.5 Å². The number of allylic oxidation sites excluding steroid dienone is 15. The third-order valence-corrected chi connectivity index (χ3v) is 8.29. The van der Waals surface area contributed by atoms with Crippen LogP contribution in [-0.2, 0) is 4.79 Å². The highest BCUT2D eigenvalue weighted by molar-refractivity contribution is 5.76. The minimum atomic E-state index is -0.874. The van der Waals surface area contributed by atoms with Crippen LogP contribution in [0.25, 0.3) is 0 Å². The Bertz CT molecular complexity index is 952. The molecule has 2 atom stereocenters. The molecule has 0 radical (unpaired) electrons. The molecular formula is C45H75NO3. The average Bonchev–Trinajstić information content (AvgIpc) is 3.10. The molecule has 2 unspecified atom stereocenters. The molecule has 0 saturated carbocycles. The van der Waals surface area contributed by atoms with Crippen molar-refractivity contribution in [2.24, 2.45) is 0 Å². The summed E-state index contributed by atoms with van der Waals surface area (Å²) in [6, 6.07) is -0.650. The molecule has 0 aliphatic carbocycles. The van der Waals surface area contributed by atoms with E-state index in [4.69, 9.17) is 0 Å². The molecule has 0 aromatic carbocycles. The van der Waals surface area contributed by atoms with Crippen LogP contribution in [0.1, 0.15) is 162 Å². The van der Waals surface area contributed by atoms with E-state index in [2.05, 4.69) is 104 Å². The number of unbranched alkanes of at least 4 members (excludes halogenated alkanes) is 13. The molecule has 0 bridgehead atoms. The van der Waals surface area contributed by atoms with Gasteiger partial charge in [0, 0.05) is 6.42 Å². The number of aliphatic hydroxyl groups excluding tert-OH is 2. The van der Waals surface area contributed by atoms with Crippen LogP contribution in [0.5, 0.6) is 0 Å². The van der Waals surface area contributed by atoms with Crippen molar-refractivity contribution in [3.05, 3.63) is 97.2 Å². The second kappa shape index (κ2) is 39.7. The Morgan fingerprint density at radius 3 is 1.35 bits per heavy atom. The van der Waals surface area contributed by atoms with E-state index < -0.39 is 12.1 Å². The summed E-state index contributed by atoms with van der Waals surface area (Å²) in [5, 5.41) is 22.8. The van der Waals surface area contributed by atoms with Crippen molar-refractivity contribution in [2.75, 3.05) is 6.61 Å². The highest BCUT2D eigenvalue weighted by Gasteiger charge is 2.17. The van der Waals surface area contributed by atoms with Gasteiger partial charge in [0.15, 0.2) is 0 Å². The lowest BCUT2D eigenvalue weighted by atomic mass is 10.0. The maximum atomic E-state index is 12.3. The summed E-state index contributed by atoms with van der Waals surface area (Å²) in [6.45, 7) is 4.03. The average molecular weight is 678 g/mol. The van der Waals surface area contributed by atoms with Crippen LogP contribution in [0, 0.1) is 0 Å². The molecule has 0 heterocycles. The fourth-order valence-corrected chi connectivity index (χ4v) is 5.30. The Morgan fingerprint density at radius 2 is 0.857 bits per heavy atom. The Kier molecular flexibility index (Phi) is 37.6. The number of carbonyl (C=O) groups is 1. The maximum Gasteiger partial charge on any atom is 0.220 e. The Morgan fingerprint density at radius 1 is 0.490 bits per heavy atom. The van der Waals surface area contributed by atoms with Gasteiger partial charge in [0.05, 0.1) is 18.8 Å². The Balaban J connectivity index is 3.61. The predicted octanol–water partition coefficient (Wildman–Crippen LogP) is 12.3. The van der Waals surface area contributed by atoms with Crippen molar-refractivity contribution in [3.8, 4) is 0 Å². The Hall–Kier alpha value is -2.69. The van der Waals surface area contributed by atoms with Crippen LogP contribution in [0.15, 0.2) is 97.2 Å². The van der Waals surface area contributed by atoms with Crippen molar-refractivity contribution in [1.82, 2.24) is 5.32 Å². The van der Waals surface area contributed by atoms with E-state index in [9.17, 15) is 15.0 Å². The molecule has 3 N–H and O–H groups in total. The van der Waals surface area contributed by atoms with Gasteiger partial charge in [-0.3, -0.25) is 4.79 Å². The minimum absolute atomic E-state index is 0.0899. The maximum absolute atomic E-state index is 12.3. The van der Waals surface area contributed by atoms with Gasteiger partial charge in [-0.05, 0) is 83.5 Å². The zero-order valence-electron chi connectivity index (χ0n) is 31.7. The van der Waals surface area contributed by atoms with Crippen molar-refractivity contribution in [1.29, 1.82) is 0 Å². The molecule has 4 nitrogen and oxygen atoms in total. The van der Waals surface area contributed by atoms with E-state index in [0.29, 0.717) is 6.42 Å². The Labute approximate surface area is 303 Å². The summed E-state index contributed by atoms with van der Waals surface area (Å²) < 4.78 is 0. The highest BCUT2D eigenvalue weighted by Crippen LogP contribution is 2.13. The molecule has 49 heavy (non-hydrogen) atoms. The standard InChI is InChI=1S/C45H75NO3/c1-3-5-7-9-11-13-15-16-17-18-19-20-21-22-23-24-25-26-27-28-29-30-31-33-35-37-39-41-45(49)46-43(42-47)44(48)40-38-36-34-32-14-12-10-8-6-4-2/h5-8,11,13-14,16-17,19-20,22-23,32,38,40,43-44,47-48H,3-4,9-10,12,15,18,21,24-31,33-37,39,41-42H2,1-2H3,(H,46,49)/b7-5-,8-6+,13-11-,17-16-,20-19-,23-22-,32-14+,40-38+. The molecule has 0 spiro atoms. The molecule has 0 rings (SSSR count). The quantitative estimate of drug-likeness (QED) is 0.0469. The molecule has 0 aliphatic heterocycles. The molecule has 0 saturated heterocycles. The van der Waals surface area contributed by atoms with Gasteiger partial charge in [-0.1, -0.05) is 169 Å². The molecule has 0 aromatic heterocycles. The van der Waals surface area contributed by atoms with Gasteiger partial charge in [0.25, 0.3) is 0 Å². The van der Waals surface area contributed by atoms with Crippen molar-refractivity contribution in [2.45, 2.75) is 174 Å². The van der Waals surface area contributed by atoms with Gasteiger partial charge in [-0.15, -0.1) is 0 Å². The second-order valence-corrected chi connectivity index (χ2v) is 12.9. The third kappa shape index (κ3) is 36.4. The van der Waals surface area contributed by atoms with Crippen LogP contribution in [0.4, 0.5) is 0 Å². The van der Waals surface area contributed by atoms with Crippen molar-refractivity contribution < 1.29 is 15.0 Å². The molecule has 278 valence electrons. The predicted molar refractivity (Wildman–Crippen MR) is 216 cm³/mol. The lowest BCUT2D eigenvalue weighted by molar-refractivity contribution is -0.123. The van der Waals surface area contributed by atoms with Gasteiger partial charge in [-0.25, -0.2) is 0 Å². The van der Waals surface area contributed by atoms with Crippen LogP contribution in [0.2, 0.25) is 0 Å². The largest absolute Gasteiger partial charge is 0.394 e. The van der Waals surface area contributed by atoms with E-state index in [-0.39, 0.29) is 12.5 Å². The zero-order chi connectivity index (χ0) is 35.7. The first-order chi connectivity index (χ1) is 24.2. The first kappa shape index (κ1) is 46.3. The number of amides is 1. The van der Waals surface area contributed by atoms with Gasteiger partial charge in [-0.2, -0.15) is 0 Å². The topological polar surface area (TPSA) is 69.6 Å². The van der Waals surface area contributed by atoms with E-state index in [1.165, 1.54) is 64.2 Å². The summed E-state index contributed by atoms with van der Waals surface area (Å²) in [6.07, 6.45) is 59.4. The lowest BCUT2D eigenvalue weighted by Gasteiger charge is -2.19. The number of hydrogen-bond donors (Lipinski definition) is 3. The normalized spacial score (nSPS) is 14.1. The summed E-state index contributed by atoms with van der Waals surface area (Å²) in [5.41, 5.74) is 0. The number of aliphatic hydroxyl groups is 2. The number of hydrogen-bond acceptors (Lipinski definition) is 3. The molecule has 0 aliphatic rings. The molecule has 0 fully saturated rings. The van der Waals surface area contributed by atoms with Gasteiger partial charge in [0.1, 0.15) is 0 Å². The minimum Gasteiger partial charge on any atom is -0.394 e. The highest BCUT2D eigenvalue weighted by atomic mass is 16.3. The molecule has 4 heteroatoms. The van der Waals surface area contributed by atoms with E-state index in [0.717, 1.165) is 77.0 Å². The first-order valence-corrected chi connectivity index (χ1v) is 20.0. The van der Waals surface area contributed by atoms with Crippen LogP contribution in [0.3, 0.4) is 0 Å². The van der Waals surface area contributed by atoms with Crippen LogP contribution >= 0.6 is 0 Å². The molecular weight excluding hydrogens is 602 g/mol.